The summed E-state index contributed by atoms with van der Waals surface area (Å²) in [5.74, 6) is 1.31. The zero-order valence-electron chi connectivity index (χ0n) is 21.3. The van der Waals surface area contributed by atoms with E-state index in [4.69, 9.17) is 22.9 Å². The van der Waals surface area contributed by atoms with Crippen LogP contribution in [-0.2, 0) is 5.41 Å². The van der Waals surface area contributed by atoms with E-state index >= 15 is 0 Å². The van der Waals surface area contributed by atoms with Gasteiger partial charge in [0.2, 0.25) is 0 Å². The van der Waals surface area contributed by atoms with Crippen molar-refractivity contribution < 1.29 is 0 Å². The quantitative estimate of drug-likeness (QED) is 0.251. The number of nitrogen functional groups attached to an aromatic ring is 4. The maximum atomic E-state index is 6.42. The molecule has 0 fully saturated rings. The molecular formula is C29H46N4. The average molecular weight is 451 g/mol. The van der Waals surface area contributed by atoms with Crippen molar-refractivity contribution in [1.82, 2.24) is 0 Å². The van der Waals surface area contributed by atoms with Gasteiger partial charge in [-0.25, -0.2) is 0 Å². The zero-order valence-corrected chi connectivity index (χ0v) is 21.3. The predicted molar refractivity (Wildman–Crippen MR) is 146 cm³/mol. The topological polar surface area (TPSA) is 104 Å². The van der Waals surface area contributed by atoms with Crippen molar-refractivity contribution in [3.8, 4) is 11.1 Å². The highest BCUT2D eigenvalue weighted by atomic mass is 14.7. The van der Waals surface area contributed by atoms with Crippen LogP contribution in [0, 0.1) is 11.8 Å². The van der Waals surface area contributed by atoms with Gasteiger partial charge in [-0.1, -0.05) is 79.1 Å². The standard InChI is InChI=1S/C29H46N4/c1-5-9-11-19(7-3)17-29(18-20(8-4)12-10-6-2)23-15-27(32)25(30)13-21(23)22-14-26(31)28(33)16-24(22)29/h13-16,19-20H,5-12,17-18,30-33H2,1-4H3. The lowest BCUT2D eigenvalue weighted by Crippen LogP contribution is -2.32. The predicted octanol–water partition coefficient (Wildman–Crippen LogP) is 7.49. The maximum absolute atomic E-state index is 6.42. The first-order valence-electron chi connectivity index (χ1n) is 13.2. The highest BCUT2D eigenvalue weighted by Gasteiger charge is 2.46. The summed E-state index contributed by atoms with van der Waals surface area (Å²) in [5, 5.41) is 0. The lowest BCUT2D eigenvalue weighted by atomic mass is 9.65. The Kier molecular flexibility index (Phi) is 8.20. The van der Waals surface area contributed by atoms with Gasteiger partial charge in [0.05, 0.1) is 22.7 Å². The lowest BCUT2D eigenvalue weighted by Gasteiger charge is -2.39. The van der Waals surface area contributed by atoms with E-state index in [1.165, 1.54) is 73.6 Å². The molecule has 2 aromatic rings. The van der Waals surface area contributed by atoms with Gasteiger partial charge in [-0.2, -0.15) is 0 Å². The van der Waals surface area contributed by atoms with Gasteiger partial charge in [-0.15, -0.1) is 0 Å². The van der Waals surface area contributed by atoms with E-state index < -0.39 is 0 Å². The number of nitrogens with two attached hydrogens (primary N) is 4. The van der Waals surface area contributed by atoms with Crippen molar-refractivity contribution in [1.29, 1.82) is 0 Å². The summed E-state index contributed by atoms with van der Waals surface area (Å²) in [6, 6.07) is 8.47. The molecule has 0 radical (unpaired) electrons. The summed E-state index contributed by atoms with van der Waals surface area (Å²) in [4.78, 5) is 0. The van der Waals surface area contributed by atoms with Gasteiger partial charge in [0.15, 0.2) is 0 Å². The molecule has 0 saturated heterocycles. The molecule has 2 aromatic carbocycles. The van der Waals surface area contributed by atoms with Crippen LogP contribution < -0.4 is 22.9 Å². The number of anilines is 4. The fraction of sp³-hybridized carbons (Fsp3) is 0.586. The van der Waals surface area contributed by atoms with Gasteiger partial charge in [0, 0.05) is 5.41 Å². The summed E-state index contributed by atoms with van der Waals surface area (Å²) in [7, 11) is 0. The molecule has 1 aliphatic rings. The van der Waals surface area contributed by atoms with E-state index in [0.717, 1.165) is 12.8 Å². The van der Waals surface area contributed by atoms with E-state index in [0.29, 0.717) is 34.6 Å². The molecule has 3 rings (SSSR count). The minimum Gasteiger partial charge on any atom is -0.397 e. The van der Waals surface area contributed by atoms with Crippen molar-refractivity contribution in [2.24, 2.45) is 11.8 Å². The molecule has 182 valence electrons. The molecule has 1 aliphatic carbocycles. The van der Waals surface area contributed by atoms with Gasteiger partial charge in [-0.05, 0) is 71.2 Å². The molecule has 0 amide bonds. The Hall–Kier alpha value is -2.36. The molecule has 2 atom stereocenters. The number of hydrogen-bond donors (Lipinski definition) is 4. The third-order valence-corrected chi connectivity index (χ3v) is 8.13. The molecule has 33 heavy (non-hydrogen) atoms. The normalized spacial score (nSPS) is 15.8. The van der Waals surface area contributed by atoms with Crippen LogP contribution in [-0.4, -0.2) is 0 Å². The molecular weight excluding hydrogens is 404 g/mol. The van der Waals surface area contributed by atoms with E-state index in [1.54, 1.807) is 0 Å². The van der Waals surface area contributed by atoms with Crippen LogP contribution >= 0.6 is 0 Å². The molecule has 0 heterocycles. The SMILES string of the molecule is CCCCC(CC)CC1(CC(CC)CCCC)c2cc(N)c(N)cc2-c2cc(N)c(N)cc21. The first-order chi connectivity index (χ1) is 15.8. The Morgan fingerprint density at radius 1 is 0.606 bits per heavy atom. The second-order valence-electron chi connectivity index (χ2n) is 10.4. The third kappa shape index (κ3) is 4.95. The number of fused-ring (bicyclic) bond motifs is 3. The Labute approximate surface area is 201 Å². The molecule has 0 aromatic heterocycles. The lowest BCUT2D eigenvalue weighted by molar-refractivity contribution is 0.266. The van der Waals surface area contributed by atoms with Gasteiger partial charge in [-0.3, -0.25) is 0 Å². The van der Waals surface area contributed by atoms with Crippen LogP contribution in [0.3, 0.4) is 0 Å². The van der Waals surface area contributed by atoms with Crippen LogP contribution in [0.1, 0.15) is 103 Å². The minimum atomic E-state index is -0.100. The summed E-state index contributed by atoms with van der Waals surface area (Å²) in [6.07, 6.45) is 12.2. The van der Waals surface area contributed by atoms with Gasteiger partial charge >= 0.3 is 0 Å². The van der Waals surface area contributed by atoms with Crippen LogP contribution in [0.4, 0.5) is 22.7 Å². The van der Waals surface area contributed by atoms with Gasteiger partial charge < -0.3 is 22.9 Å². The van der Waals surface area contributed by atoms with E-state index in [1.807, 2.05) is 0 Å². The smallest absolute Gasteiger partial charge is 0.0554 e. The summed E-state index contributed by atoms with van der Waals surface area (Å²) < 4.78 is 0. The number of benzene rings is 2. The Balaban J connectivity index is 2.24. The molecule has 2 unspecified atom stereocenters. The zero-order chi connectivity index (χ0) is 24.2. The number of hydrogen-bond acceptors (Lipinski definition) is 4. The van der Waals surface area contributed by atoms with Crippen molar-refractivity contribution in [2.45, 2.75) is 97.3 Å². The monoisotopic (exact) mass is 450 g/mol. The highest BCUT2D eigenvalue weighted by Crippen LogP contribution is 2.58. The minimum absolute atomic E-state index is 0.100. The van der Waals surface area contributed by atoms with Crippen molar-refractivity contribution in [3.63, 3.8) is 0 Å². The third-order valence-electron chi connectivity index (χ3n) is 8.13. The van der Waals surface area contributed by atoms with Crippen molar-refractivity contribution in [3.05, 3.63) is 35.4 Å². The fourth-order valence-corrected chi connectivity index (χ4v) is 6.04. The molecule has 4 nitrogen and oxygen atoms in total. The van der Waals surface area contributed by atoms with Crippen LogP contribution in [0.15, 0.2) is 24.3 Å². The molecule has 0 spiro atoms. The van der Waals surface area contributed by atoms with Gasteiger partial charge in [0.25, 0.3) is 0 Å². The number of rotatable bonds is 12. The van der Waals surface area contributed by atoms with Crippen LogP contribution in [0.25, 0.3) is 11.1 Å². The second-order valence-corrected chi connectivity index (χ2v) is 10.4. The van der Waals surface area contributed by atoms with E-state index in [2.05, 4.69) is 52.0 Å². The summed E-state index contributed by atoms with van der Waals surface area (Å²) >= 11 is 0. The van der Waals surface area contributed by atoms with Crippen molar-refractivity contribution in [2.75, 3.05) is 22.9 Å². The fourth-order valence-electron chi connectivity index (χ4n) is 6.04. The molecule has 8 N–H and O–H groups in total. The first-order valence-corrected chi connectivity index (χ1v) is 13.2. The number of unbranched alkanes of at least 4 members (excludes halogenated alkanes) is 2. The average Bonchev–Trinajstić information content (AvgIpc) is 3.03. The van der Waals surface area contributed by atoms with Crippen LogP contribution in [0.5, 0.6) is 0 Å². The highest BCUT2D eigenvalue weighted by molar-refractivity contribution is 5.90. The van der Waals surface area contributed by atoms with Crippen LogP contribution in [0.2, 0.25) is 0 Å². The largest absolute Gasteiger partial charge is 0.397 e. The van der Waals surface area contributed by atoms with Gasteiger partial charge in [0.1, 0.15) is 0 Å². The Morgan fingerprint density at radius 2 is 0.970 bits per heavy atom. The Bertz CT molecular complexity index is 872. The second kappa shape index (κ2) is 10.7. The molecule has 0 bridgehead atoms. The van der Waals surface area contributed by atoms with E-state index in [9.17, 15) is 0 Å². The first kappa shape index (κ1) is 25.3. The Morgan fingerprint density at radius 3 is 1.30 bits per heavy atom. The maximum Gasteiger partial charge on any atom is 0.0554 e. The van der Waals surface area contributed by atoms with Crippen molar-refractivity contribution >= 4 is 22.7 Å². The summed E-state index contributed by atoms with van der Waals surface area (Å²) in [5.41, 5.74) is 33.1. The summed E-state index contributed by atoms with van der Waals surface area (Å²) in [6.45, 7) is 9.25. The molecule has 4 heteroatoms. The van der Waals surface area contributed by atoms with E-state index in [-0.39, 0.29) is 5.41 Å². The molecule has 0 saturated carbocycles. The molecule has 0 aliphatic heterocycles.